The summed E-state index contributed by atoms with van der Waals surface area (Å²) in [6.45, 7) is 2.80. The van der Waals surface area contributed by atoms with Crippen LogP contribution in [0.25, 0.3) is 0 Å². The molecular formula is C14H28N2O2S. The number of rotatable bonds is 8. The highest BCUT2D eigenvalue weighted by atomic mass is 32.2. The van der Waals surface area contributed by atoms with Crippen molar-refractivity contribution in [1.29, 1.82) is 0 Å². The Balaban J connectivity index is 1.81. The average molecular weight is 288 g/mol. The van der Waals surface area contributed by atoms with Gasteiger partial charge in [-0.15, -0.1) is 0 Å². The van der Waals surface area contributed by atoms with Gasteiger partial charge in [-0.05, 0) is 38.1 Å². The summed E-state index contributed by atoms with van der Waals surface area (Å²) in [6.07, 6.45) is 9.21. The molecule has 0 unspecified atom stereocenters. The maximum Gasteiger partial charge on any atom is 0.148 e. The van der Waals surface area contributed by atoms with Gasteiger partial charge in [0.15, 0.2) is 0 Å². The Morgan fingerprint density at radius 3 is 2.42 bits per heavy atom. The molecule has 0 aromatic rings. The summed E-state index contributed by atoms with van der Waals surface area (Å²) in [4.78, 5) is 2.21. The summed E-state index contributed by atoms with van der Waals surface area (Å²) < 4.78 is 22.5. The monoisotopic (exact) mass is 288 g/mol. The third kappa shape index (κ3) is 5.40. The van der Waals surface area contributed by atoms with Crippen LogP contribution in [0.3, 0.4) is 0 Å². The van der Waals surface area contributed by atoms with E-state index in [2.05, 4.69) is 17.3 Å². The van der Waals surface area contributed by atoms with E-state index in [1.807, 2.05) is 0 Å². The van der Waals surface area contributed by atoms with Gasteiger partial charge in [0.1, 0.15) is 9.84 Å². The van der Waals surface area contributed by atoms with Gasteiger partial charge in [0.25, 0.3) is 0 Å². The van der Waals surface area contributed by atoms with Gasteiger partial charge in [0, 0.05) is 31.9 Å². The van der Waals surface area contributed by atoms with Gasteiger partial charge in [-0.1, -0.05) is 12.8 Å². The minimum Gasteiger partial charge on any atom is -0.313 e. The van der Waals surface area contributed by atoms with E-state index in [0.717, 1.165) is 19.1 Å². The van der Waals surface area contributed by atoms with Crippen LogP contribution < -0.4 is 5.32 Å². The second kappa shape index (κ2) is 6.10. The summed E-state index contributed by atoms with van der Waals surface area (Å²) >= 11 is 0. The van der Waals surface area contributed by atoms with Gasteiger partial charge in [-0.25, -0.2) is 8.42 Å². The predicted molar refractivity (Wildman–Crippen MR) is 79.1 cm³/mol. The lowest BCUT2D eigenvalue weighted by Crippen LogP contribution is -2.43. The normalized spacial score (nSPS) is 23.1. The molecule has 1 N–H and O–H groups in total. The van der Waals surface area contributed by atoms with Gasteiger partial charge < -0.3 is 10.2 Å². The molecule has 112 valence electrons. The van der Waals surface area contributed by atoms with Crippen LogP contribution in [0, 0.1) is 5.41 Å². The SMILES string of the molecule is CN(CCS(C)(=O)=O)CC1(CNC2CC2)CCCC1. The van der Waals surface area contributed by atoms with Crippen molar-refractivity contribution in [2.24, 2.45) is 5.41 Å². The third-order valence-corrected chi connectivity index (χ3v) is 5.38. The van der Waals surface area contributed by atoms with Crippen molar-refractivity contribution in [2.45, 2.75) is 44.6 Å². The molecule has 2 fully saturated rings. The fraction of sp³-hybridized carbons (Fsp3) is 1.00. The van der Waals surface area contributed by atoms with Gasteiger partial charge >= 0.3 is 0 Å². The molecule has 0 saturated heterocycles. The van der Waals surface area contributed by atoms with Crippen molar-refractivity contribution < 1.29 is 8.42 Å². The molecule has 19 heavy (non-hydrogen) atoms. The Kier molecular flexibility index (Phi) is 4.90. The zero-order valence-corrected chi connectivity index (χ0v) is 13.1. The Morgan fingerprint density at radius 2 is 1.89 bits per heavy atom. The zero-order chi connectivity index (χ0) is 13.9. The first kappa shape index (κ1) is 15.3. The van der Waals surface area contributed by atoms with E-state index in [9.17, 15) is 8.42 Å². The topological polar surface area (TPSA) is 49.4 Å². The largest absolute Gasteiger partial charge is 0.313 e. The second-order valence-electron chi connectivity index (χ2n) is 6.73. The number of hydrogen-bond donors (Lipinski definition) is 1. The average Bonchev–Trinajstić information content (AvgIpc) is 3.04. The molecule has 5 heteroatoms. The molecule has 0 heterocycles. The smallest absolute Gasteiger partial charge is 0.148 e. The summed E-state index contributed by atoms with van der Waals surface area (Å²) in [7, 11) is -0.788. The molecule has 0 aromatic heterocycles. The number of hydrogen-bond acceptors (Lipinski definition) is 4. The molecule has 2 saturated carbocycles. The first-order valence-corrected chi connectivity index (χ1v) is 9.54. The second-order valence-corrected chi connectivity index (χ2v) is 8.99. The summed E-state index contributed by atoms with van der Waals surface area (Å²) in [6, 6.07) is 0.763. The minimum absolute atomic E-state index is 0.273. The fourth-order valence-electron chi connectivity index (χ4n) is 3.14. The Morgan fingerprint density at radius 1 is 1.26 bits per heavy atom. The summed E-state index contributed by atoms with van der Waals surface area (Å²) in [5.41, 5.74) is 0.384. The van der Waals surface area contributed by atoms with E-state index in [0.29, 0.717) is 12.0 Å². The molecule has 0 aromatic carbocycles. The Bertz CT molecular complexity index is 384. The fourth-order valence-corrected chi connectivity index (χ4v) is 3.78. The molecule has 0 aliphatic heterocycles. The van der Waals surface area contributed by atoms with Crippen LogP contribution in [0.4, 0.5) is 0 Å². The Hall–Kier alpha value is -0.130. The number of nitrogens with one attached hydrogen (secondary N) is 1. The molecule has 2 aliphatic rings. The highest BCUT2D eigenvalue weighted by molar-refractivity contribution is 7.90. The lowest BCUT2D eigenvalue weighted by molar-refractivity contribution is 0.178. The van der Waals surface area contributed by atoms with Crippen molar-refractivity contribution in [3.05, 3.63) is 0 Å². The molecule has 0 spiro atoms. The van der Waals surface area contributed by atoms with Gasteiger partial charge in [-0.3, -0.25) is 0 Å². The van der Waals surface area contributed by atoms with Crippen molar-refractivity contribution in [3.63, 3.8) is 0 Å². The van der Waals surface area contributed by atoms with Gasteiger partial charge in [0.2, 0.25) is 0 Å². The van der Waals surface area contributed by atoms with Crippen LogP contribution in [-0.4, -0.2) is 58.1 Å². The zero-order valence-electron chi connectivity index (χ0n) is 12.3. The number of nitrogens with zero attached hydrogens (tertiary/aromatic N) is 1. The van der Waals surface area contributed by atoms with E-state index in [4.69, 9.17) is 0 Å². The molecule has 0 amide bonds. The predicted octanol–water partition coefficient (Wildman–Crippen LogP) is 1.28. The van der Waals surface area contributed by atoms with Crippen molar-refractivity contribution in [2.75, 3.05) is 38.7 Å². The van der Waals surface area contributed by atoms with Crippen LogP contribution >= 0.6 is 0 Å². The molecule has 0 radical (unpaired) electrons. The van der Waals surface area contributed by atoms with E-state index in [1.165, 1.54) is 44.8 Å². The van der Waals surface area contributed by atoms with E-state index < -0.39 is 9.84 Å². The maximum absolute atomic E-state index is 11.2. The first-order valence-electron chi connectivity index (χ1n) is 7.48. The van der Waals surface area contributed by atoms with E-state index >= 15 is 0 Å². The highest BCUT2D eigenvalue weighted by Gasteiger charge is 2.36. The van der Waals surface area contributed by atoms with E-state index in [-0.39, 0.29) is 5.75 Å². The van der Waals surface area contributed by atoms with Crippen molar-refractivity contribution in [3.8, 4) is 0 Å². The van der Waals surface area contributed by atoms with Gasteiger partial charge in [0.05, 0.1) is 5.75 Å². The van der Waals surface area contributed by atoms with Crippen LogP contribution in [0.15, 0.2) is 0 Å². The maximum atomic E-state index is 11.2. The molecule has 0 bridgehead atoms. The van der Waals surface area contributed by atoms with Crippen LogP contribution in [0.1, 0.15) is 38.5 Å². The number of sulfone groups is 1. The quantitative estimate of drug-likeness (QED) is 0.731. The summed E-state index contributed by atoms with van der Waals surface area (Å²) in [5.74, 6) is 0.273. The van der Waals surface area contributed by atoms with Crippen molar-refractivity contribution >= 4 is 9.84 Å². The first-order chi connectivity index (χ1) is 8.89. The van der Waals surface area contributed by atoms with E-state index in [1.54, 1.807) is 0 Å². The molecule has 2 rings (SSSR count). The van der Waals surface area contributed by atoms with Crippen LogP contribution in [0.2, 0.25) is 0 Å². The van der Waals surface area contributed by atoms with Crippen molar-refractivity contribution in [1.82, 2.24) is 10.2 Å². The highest BCUT2D eigenvalue weighted by Crippen LogP contribution is 2.38. The van der Waals surface area contributed by atoms with Crippen LogP contribution in [0.5, 0.6) is 0 Å². The lowest BCUT2D eigenvalue weighted by Gasteiger charge is -2.34. The lowest BCUT2D eigenvalue weighted by atomic mass is 9.85. The minimum atomic E-state index is -2.85. The van der Waals surface area contributed by atoms with Crippen LogP contribution in [-0.2, 0) is 9.84 Å². The third-order valence-electron chi connectivity index (χ3n) is 4.46. The Labute approximate surface area is 117 Å². The summed E-state index contributed by atoms with van der Waals surface area (Å²) in [5, 5.41) is 3.67. The molecule has 4 nitrogen and oxygen atoms in total. The van der Waals surface area contributed by atoms with Gasteiger partial charge in [-0.2, -0.15) is 0 Å². The molecular weight excluding hydrogens is 260 g/mol. The molecule has 2 aliphatic carbocycles. The molecule has 0 atom stereocenters. The standard InChI is InChI=1S/C14H28N2O2S/c1-16(9-10-19(2,17)18)12-14(7-3-4-8-14)11-15-13-5-6-13/h13,15H,3-12H2,1-2H3.